The van der Waals surface area contributed by atoms with Crippen molar-refractivity contribution in [1.82, 2.24) is 14.9 Å². The van der Waals surface area contributed by atoms with Crippen molar-refractivity contribution in [3.8, 4) is 5.75 Å². The molecule has 2 aliphatic rings. The van der Waals surface area contributed by atoms with Crippen LogP contribution in [0.15, 0.2) is 52.3 Å². The molecule has 11 nitrogen and oxygen atoms in total. The molecular weight excluding hydrogens is 508 g/mol. The topological polar surface area (TPSA) is 151 Å². The van der Waals surface area contributed by atoms with E-state index in [0.29, 0.717) is 6.67 Å². The summed E-state index contributed by atoms with van der Waals surface area (Å²) in [4.78, 5) is 26.6. The molecule has 192 valence electrons. The molecule has 0 atom stereocenters. The van der Waals surface area contributed by atoms with Crippen molar-refractivity contribution in [3.63, 3.8) is 0 Å². The number of hydrogen-bond donors (Lipinski definition) is 3. The van der Waals surface area contributed by atoms with Gasteiger partial charge in [0.25, 0.3) is 26.0 Å². The van der Waals surface area contributed by atoms with Crippen molar-refractivity contribution in [2.75, 3.05) is 31.6 Å². The average Bonchev–Trinajstić information content (AvgIpc) is 3.09. The molecule has 1 fully saturated rings. The average molecular weight is 535 g/mol. The first-order valence-corrected chi connectivity index (χ1v) is 14.2. The summed E-state index contributed by atoms with van der Waals surface area (Å²) >= 11 is 0. The molecule has 3 N–H and O–H groups in total. The largest absolute Gasteiger partial charge is 0.495 e. The second-order valence-corrected chi connectivity index (χ2v) is 11.6. The molecule has 2 aromatic rings. The predicted molar refractivity (Wildman–Crippen MR) is 132 cm³/mol. The summed E-state index contributed by atoms with van der Waals surface area (Å²) in [6, 6.07) is 8.52. The minimum absolute atomic E-state index is 0.0242. The first-order chi connectivity index (χ1) is 17.1. The van der Waals surface area contributed by atoms with Crippen LogP contribution in [0.4, 0.5) is 5.69 Å². The highest BCUT2D eigenvalue weighted by molar-refractivity contribution is 7.92. The van der Waals surface area contributed by atoms with Gasteiger partial charge in [-0.25, -0.2) is 21.6 Å². The van der Waals surface area contributed by atoms with Gasteiger partial charge in [0, 0.05) is 11.6 Å². The molecule has 4 rings (SSSR count). The highest BCUT2D eigenvalue weighted by Crippen LogP contribution is 2.40. The van der Waals surface area contributed by atoms with E-state index in [0.717, 1.165) is 38.4 Å². The second-order valence-electron chi connectivity index (χ2n) is 8.31. The van der Waals surface area contributed by atoms with Gasteiger partial charge in [-0.1, -0.05) is 24.6 Å². The number of sulfonamides is 2. The normalized spacial score (nSPS) is 17.4. The van der Waals surface area contributed by atoms with Crippen LogP contribution in [0.1, 0.15) is 35.2 Å². The van der Waals surface area contributed by atoms with Gasteiger partial charge in [0.2, 0.25) is 5.91 Å². The fourth-order valence-electron chi connectivity index (χ4n) is 4.10. The Hall–Kier alpha value is -3.42. The molecule has 0 spiro atoms. The van der Waals surface area contributed by atoms with Gasteiger partial charge in [-0.05, 0) is 50.2 Å². The summed E-state index contributed by atoms with van der Waals surface area (Å²) in [5.41, 5.74) is -0.417. The van der Waals surface area contributed by atoms with E-state index in [9.17, 15) is 26.4 Å². The SMILES string of the molecule is COc1c(/C=C/C(=O)NCN2CCCCC2)c(NS(=O)(=O)c2ccccc2)cc2c1C(=O)NS2(=O)=O. The van der Waals surface area contributed by atoms with Gasteiger partial charge in [0.05, 0.1) is 24.4 Å². The molecule has 0 aromatic heterocycles. The van der Waals surface area contributed by atoms with Gasteiger partial charge in [-0.3, -0.25) is 19.2 Å². The maximum Gasteiger partial charge on any atom is 0.270 e. The molecule has 0 unspecified atom stereocenters. The number of nitrogens with zero attached hydrogens (tertiary/aromatic N) is 1. The lowest BCUT2D eigenvalue weighted by Gasteiger charge is -2.26. The first-order valence-electron chi connectivity index (χ1n) is 11.2. The quantitative estimate of drug-likeness (QED) is 0.431. The number of ether oxygens (including phenoxy) is 1. The van der Waals surface area contributed by atoms with E-state index in [1.165, 1.54) is 31.4 Å². The van der Waals surface area contributed by atoms with Crippen LogP contribution in [0.5, 0.6) is 5.75 Å². The number of rotatable bonds is 8. The number of fused-ring (bicyclic) bond motifs is 1. The number of carbonyl (C=O) groups is 2. The number of likely N-dealkylation sites (tertiary alicyclic amines) is 1. The molecule has 13 heteroatoms. The van der Waals surface area contributed by atoms with Crippen LogP contribution >= 0.6 is 0 Å². The van der Waals surface area contributed by atoms with Gasteiger partial charge in [-0.15, -0.1) is 0 Å². The summed E-state index contributed by atoms with van der Waals surface area (Å²) in [6.07, 6.45) is 5.75. The minimum atomic E-state index is -4.22. The molecule has 1 saturated heterocycles. The van der Waals surface area contributed by atoms with Crippen LogP contribution < -0.4 is 19.5 Å². The highest BCUT2D eigenvalue weighted by atomic mass is 32.2. The fourth-order valence-corrected chi connectivity index (χ4v) is 6.37. The summed E-state index contributed by atoms with van der Waals surface area (Å²) in [7, 11) is -7.14. The van der Waals surface area contributed by atoms with Crippen LogP contribution in [-0.2, 0) is 24.8 Å². The lowest BCUT2D eigenvalue weighted by atomic mass is 10.0. The first kappa shape index (κ1) is 25.7. The summed E-state index contributed by atoms with van der Waals surface area (Å²) in [5, 5.41) is 2.77. The van der Waals surface area contributed by atoms with Gasteiger partial charge < -0.3 is 10.1 Å². The van der Waals surface area contributed by atoms with E-state index in [-0.39, 0.29) is 27.5 Å². The third-order valence-electron chi connectivity index (χ3n) is 5.86. The van der Waals surface area contributed by atoms with E-state index < -0.39 is 36.8 Å². The number of anilines is 1. The zero-order valence-corrected chi connectivity index (χ0v) is 21.1. The lowest BCUT2D eigenvalue weighted by molar-refractivity contribution is -0.117. The summed E-state index contributed by atoms with van der Waals surface area (Å²) in [6.45, 7) is 2.13. The molecular formula is C23H26N4O7S2. The Balaban J connectivity index is 1.72. The smallest absolute Gasteiger partial charge is 0.270 e. The summed E-state index contributed by atoms with van der Waals surface area (Å²) in [5.74, 6) is -1.54. The monoisotopic (exact) mass is 534 g/mol. The van der Waals surface area contributed by atoms with E-state index in [4.69, 9.17) is 4.74 Å². The molecule has 0 bridgehead atoms. The van der Waals surface area contributed by atoms with Crippen LogP contribution in [0.3, 0.4) is 0 Å². The zero-order valence-electron chi connectivity index (χ0n) is 19.5. The predicted octanol–water partition coefficient (Wildman–Crippen LogP) is 1.50. The Labute approximate surface area is 209 Å². The molecule has 0 aliphatic carbocycles. The maximum absolute atomic E-state index is 13.0. The van der Waals surface area contributed by atoms with Gasteiger partial charge in [0.1, 0.15) is 16.2 Å². The van der Waals surface area contributed by atoms with Crippen LogP contribution in [-0.4, -0.2) is 60.4 Å². The molecule has 0 radical (unpaired) electrons. The van der Waals surface area contributed by atoms with Crippen molar-refractivity contribution in [1.29, 1.82) is 0 Å². The Morgan fingerprint density at radius 2 is 1.86 bits per heavy atom. The van der Waals surface area contributed by atoms with Crippen LogP contribution in [0, 0.1) is 0 Å². The zero-order chi connectivity index (χ0) is 25.9. The van der Waals surface area contributed by atoms with Crippen molar-refractivity contribution in [2.45, 2.75) is 29.1 Å². The third kappa shape index (κ3) is 5.37. The lowest BCUT2D eigenvalue weighted by Crippen LogP contribution is -2.39. The molecule has 2 heterocycles. The number of methoxy groups -OCH3 is 1. The molecule has 36 heavy (non-hydrogen) atoms. The van der Waals surface area contributed by atoms with E-state index >= 15 is 0 Å². The number of carbonyl (C=O) groups excluding carboxylic acids is 2. The number of hydrogen-bond acceptors (Lipinski definition) is 8. The third-order valence-corrected chi connectivity index (χ3v) is 8.59. The fraction of sp³-hybridized carbons (Fsp3) is 0.304. The van der Waals surface area contributed by atoms with Gasteiger partial charge in [-0.2, -0.15) is 0 Å². The number of nitrogens with one attached hydrogen (secondary N) is 3. The molecule has 2 aliphatic heterocycles. The number of amides is 2. The standard InChI is InChI=1S/C23H26N4O7S2/c1-34-22-17(10-11-20(28)24-15-27-12-6-3-7-13-27)18(14-19-21(22)23(29)26-36(19,32)33)25-35(30,31)16-8-4-2-5-9-16/h2,4-5,8-11,14,25H,3,6-7,12-13,15H2,1H3,(H,24,28)(H,26,29)/b11-10+. The Bertz CT molecular complexity index is 1420. The highest BCUT2D eigenvalue weighted by Gasteiger charge is 2.38. The van der Waals surface area contributed by atoms with Crippen molar-refractivity contribution in [2.24, 2.45) is 0 Å². The Morgan fingerprint density at radius 3 is 2.53 bits per heavy atom. The second kappa shape index (κ2) is 10.3. The molecule has 2 amide bonds. The maximum atomic E-state index is 13.0. The number of benzene rings is 2. The van der Waals surface area contributed by atoms with Crippen molar-refractivity contribution >= 4 is 43.6 Å². The van der Waals surface area contributed by atoms with E-state index in [2.05, 4.69) is 14.9 Å². The number of piperidine rings is 1. The van der Waals surface area contributed by atoms with Crippen molar-refractivity contribution < 1.29 is 31.2 Å². The van der Waals surface area contributed by atoms with Crippen LogP contribution in [0.2, 0.25) is 0 Å². The molecule has 0 saturated carbocycles. The van der Waals surface area contributed by atoms with E-state index in [1.807, 2.05) is 4.72 Å². The minimum Gasteiger partial charge on any atom is -0.495 e. The van der Waals surface area contributed by atoms with Gasteiger partial charge >= 0.3 is 0 Å². The Kier molecular flexibility index (Phi) is 7.33. The van der Waals surface area contributed by atoms with E-state index in [1.54, 1.807) is 18.2 Å². The summed E-state index contributed by atoms with van der Waals surface area (Å²) < 4.78 is 60.6. The van der Waals surface area contributed by atoms with Gasteiger partial charge in [0.15, 0.2) is 0 Å². The molecule has 2 aromatic carbocycles. The van der Waals surface area contributed by atoms with Crippen molar-refractivity contribution in [3.05, 3.63) is 53.6 Å². The Morgan fingerprint density at radius 1 is 1.17 bits per heavy atom. The van der Waals surface area contributed by atoms with Crippen LogP contribution in [0.25, 0.3) is 6.08 Å².